The van der Waals surface area contributed by atoms with Crippen LogP contribution in [0.4, 0.5) is 0 Å². The number of ether oxygens (including phenoxy) is 1. The zero-order chi connectivity index (χ0) is 15.2. The number of hydrogen-bond acceptors (Lipinski definition) is 3. The highest BCUT2D eigenvalue weighted by Gasteiger charge is 2.34. The first-order chi connectivity index (χ1) is 9.34. The molecule has 7 heteroatoms. The number of methoxy groups -OCH3 is 1. The second-order valence-corrected chi connectivity index (χ2v) is 6.35. The monoisotopic (exact) mass is 337 g/mol. The van der Waals surface area contributed by atoms with Gasteiger partial charge in [0, 0.05) is 0 Å². The van der Waals surface area contributed by atoms with E-state index in [1.807, 2.05) is 30.3 Å². The number of amides is 1. The standard InChI is InChI=1S/C13H14Cl3NO3/c1-20-11(18)10(17-12(19)13(14,15)16)8-7-9-5-3-2-4-6-9/h2-6,10H,7-8H2,1H3,(H,17,19)/t10-/m0/s1. The van der Waals surface area contributed by atoms with Gasteiger partial charge < -0.3 is 10.1 Å². The molecule has 0 radical (unpaired) electrons. The van der Waals surface area contributed by atoms with E-state index in [-0.39, 0.29) is 0 Å². The highest BCUT2D eigenvalue weighted by Crippen LogP contribution is 2.26. The normalized spacial score (nSPS) is 12.6. The van der Waals surface area contributed by atoms with E-state index in [2.05, 4.69) is 10.1 Å². The molecular formula is C13H14Cl3NO3. The van der Waals surface area contributed by atoms with Crippen molar-refractivity contribution in [2.45, 2.75) is 22.7 Å². The van der Waals surface area contributed by atoms with Gasteiger partial charge in [-0.2, -0.15) is 0 Å². The maximum atomic E-state index is 11.6. The topological polar surface area (TPSA) is 55.4 Å². The summed E-state index contributed by atoms with van der Waals surface area (Å²) in [6, 6.07) is 8.66. The van der Waals surface area contributed by atoms with Crippen LogP contribution in [0.5, 0.6) is 0 Å². The van der Waals surface area contributed by atoms with Crippen LogP contribution in [0, 0.1) is 0 Å². The molecule has 1 atom stereocenters. The SMILES string of the molecule is COC(=O)[C@H](CCc1ccccc1)NC(=O)C(Cl)(Cl)Cl. The Hall–Kier alpha value is -0.970. The summed E-state index contributed by atoms with van der Waals surface area (Å²) in [6.07, 6.45) is 0.934. The van der Waals surface area contributed by atoms with Crippen molar-refractivity contribution in [3.05, 3.63) is 35.9 Å². The maximum absolute atomic E-state index is 11.6. The van der Waals surface area contributed by atoms with Crippen molar-refractivity contribution in [3.63, 3.8) is 0 Å². The molecule has 1 amide bonds. The molecule has 110 valence electrons. The maximum Gasteiger partial charge on any atom is 0.328 e. The number of benzene rings is 1. The molecule has 0 aliphatic rings. The van der Waals surface area contributed by atoms with Gasteiger partial charge in [-0.15, -0.1) is 0 Å². The minimum Gasteiger partial charge on any atom is -0.467 e. The van der Waals surface area contributed by atoms with Crippen LogP contribution >= 0.6 is 34.8 Å². The molecule has 0 aliphatic heterocycles. The van der Waals surface area contributed by atoms with Crippen LogP contribution in [-0.4, -0.2) is 28.8 Å². The molecular weight excluding hydrogens is 325 g/mol. The quantitative estimate of drug-likeness (QED) is 0.663. The van der Waals surface area contributed by atoms with Gasteiger partial charge >= 0.3 is 5.97 Å². The zero-order valence-corrected chi connectivity index (χ0v) is 13.0. The molecule has 4 nitrogen and oxygen atoms in total. The number of carbonyl (C=O) groups excluding carboxylic acids is 2. The summed E-state index contributed by atoms with van der Waals surface area (Å²) >= 11 is 16.4. The van der Waals surface area contributed by atoms with Gasteiger partial charge in [-0.3, -0.25) is 4.79 Å². The minimum absolute atomic E-state index is 0.350. The molecule has 0 saturated heterocycles. The van der Waals surface area contributed by atoms with E-state index in [9.17, 15) is 9.59 Å². The van der Waals surface area contributed by atoms with E-state index >= 15 is 0 Å². The van der Waals surface area contributed by atoms with Crippen molar-refractivity contribution in [1.29, 1.82) is 0 Å². The predicted molar refractivity (Wildman–Crippen MR) is 79.0 cm³/mol. The smallest absolute Gasteiger partial charge is 0.328 e. The highest BCUT2D eigenvalue weighted by atomic mass is 35.6. The van der Waals surface area contributed by atoms with Crippen LogP contribution in [0.1, 0.15) is 12.0 Å². The molecule has 1 N–H and O–H groups in total. The Balaban J connectivity index is 2.66. The number of esters is 1. The van der Waals surface area contributed by atoms with Gasteiger partial charge in [0.25, 0.3) is 9.70 Å². The van der Waals surface area contributed by atoms with Gasteiger partial charge in [0.1, 0.15) is 6.04 Å². The number of halogens is 3. The lowest BCUT2D eigenvalue weighted by Crippen LogP contribution is -2.46. The number of aryl methyl sites for hydroxylation is 1. The van der Waals surface area contributed by atoms with Gasteiger partial charge in [-0.05, 0) is 18.4 Å². The number of hydrogen-bond donors (Lipinski definition) is 1. The van der Waals surface area contributed by atoms with Gasteiger partial charge in [-0.1, -0.05) is 65.1 Å². The largest absolute Gasteiger partial charge is 0.467 e. The average molecular weight is 339 g/mol. The summed E-state index contributed by atoms with van der Waals surface area (Å²) in [5.41, 5.74) is 1.03. The second kappa shape index (κ2) is 7.72. The number of carbonyl (C=O) groups is 2. The Morgan fingerprint density at radius 3 is 2.35 bits per heavy atom. The van der Waals surface area contributed by atoms with Crippen LogP contribution in [-0.2, 0) is 20.7 Å². The summed E-state index contributed by atoms with van der Waals surface area (Å²) in [7, 11) is 1.24. The zero-order valence-electron chi connectivity index (χ0n) is 10.7. The first-order valence-corrected chi connectivity index (χ1v) is 6.97. The molecule has 0 aliphatic carbocycles. The molecule has 0 heterocycles. The lowest BCUT2D eigenvalue weighted by atomic mass is 10.1. The lowest BCUT2D eigenvalue weighted by Gasteiger charge is -2.19. The van der Waals surface area contributed by atoms with E-state index < -0.39 is 21.7 Å². The van der Waals surface area contributed by atoms with E-state index in [1.54, 1.807) is 0 Å². The van der Waals surface area contributed by atoms with Crippen LogP contribution < -0.4 is 5.32 Å². The van der Waals surface area contributed by atoms with Crippen molar-refractivity contribution in [3.8, 4) is 0 Å². The molecule has 0 fully saturated rings. The molecule has 0 unspecified atom stereocenters. The highest BCUT2D eigenvalue weighted by molar-refractivity contribution is 6.76. The van der Waals surface area contributed by atoms with Crippen molar-refractivity contribution < 1.29 is 14.3 Å². The number of nitrogens with one attached hydrogen (secondary N) is 1. The van der Waals surface area contributed by atoms with Crippen LogP contribution in [0.3, 0.4) is 0 Å². The summed E-state index contributed by atoms with van der Waals surface area (Å²) in [5.74, 6) is -1.44. The van der Waals surface area contributed by atoms with Gasteiger partial charge in [-0.25, -0.2) is 4.79 Å². The van der Waals surface area contributed by atoms with Gasteiger partial charge in [0.15, 0.2) is 0 Å². The van der Waals surface area contributed by atoms with Crippen LogP contribution in [0.25, 0.3) is 0 Å². The fourth-order valence-corrected chi connectivity index (χ4v) is 1.75. The van der Waals surface area contributed by atoms with E-state index in [0.29, 0.717) is 12.8 Å². The Morgan fingerprint density at radius 2 is 1.85 bits per heavy atom. The Kier molecular flexibility index (Phi) is 6.59. The van der Waals surface area contributed by atoms with E-state index in [0.717, 1.165) is 5.56 Å². The van der Waals surface area contributed by atoms with Gasteiger partial charge in [0.05, 0.1) is 7.11 Å². The van der Waals surface area contributed by atoms with E-state index in [4.69, 9.17) is 34.8 Å². The predicted octanol–water partition coefficient (Wildman–Crippen LogP) is 2.65. The molecule has 1 aromatic rings. The number of rotatable bonds is 5. The third kappa shape index (κ3) is 5.57. The third-order valence-electron chi connectivity index (χ3n) is 2.61. The molecule has 20 heavy (non-hydrogen) atoms. The summed E-state index contributed by atoms with van der Waals surface area (Å²) in [4.78, 5) is 23.2. The molecule has 0 bridgehead atoms. The molecule has 0 saturated carbocycles. The summed E-state index contributed by atoms with van der Waals surface area (Å²) in [5, 5.41) is 2.37. The van der Waals surface area contributed by atoms with E-state index in [1.165, 1.54) is 7.11 Å². The van der Waals surface area contributed by atoms with Crippen molar-refractivity contribution in [1.82, 2.24) is 5.32 Å². The first kappa shape index (κ1) is 17.1. The van der Waals surface area contributed by atoms with Crippen molar-refractivity contribution in [2.24, 2.45) is 0 Å². The first-order valence-electron chi connectivity index (χ1n) is 5.84. The Bertz CT molecular complexity index is 460. The second-order valence-electron chi connectivity index (χ2n) is 4.07. The molecule has 1 aromatic carbocycles. The summed E-state index contributed by atoms with van der Waals surface area (Å²) < 4.78 is 2.52. The van der Waals surface area contributed by atoms with Crippen LogP contribution in [0.2, 0.25) is 0 Å². The summed E-state index contributed by atoms with van der Waals surface area (Å²) in [6.45, 7) is 0. The molecule has 0 spiro atoms. The van der Waals surface area contributed by atoms with Crippen molar-refractivity contribution >= 4 is 46.7 Å². The number of alkyl halides is 3. The molecule has 0 aromatic heterocycles. The minimum atomic E-state index is -2.11. The average Bonchev–Trinajstić information content (AvgIpc) is 2.42. The Morgan fingerprint density at radius 1 is 1.25 bits per heavy atom. The fraction of sp³-hybridized carbons (Fsp3) is 0.385. The van der Waals surface area contributed by atoms with Gasteiger partial charge in [0.2, 0.25) is 0 Å². The lowest BCUT2D eigenvalue weighted by molar-refractivity contribution is -0.145. The van der Waals surface area contributed by atoms with Crippen LogP contribution in [0.15, 0.2) is 30.3 Å². The molecule has 1 rings (SSSR count). The fourth-order valence-electron chi connectivity index (χ4n) is 1.59. The van der Waals surface area contributed by atoms with Crippen molar-refractivity contribution in [2.75, 3.05) is 7.11 Å². The Labute approximate surface area is 132 Å². The third-order valence-corrected chi connectivity index (χ3v) is 3.13.